The van der Waals surface area contributed by atoms with Crippen LogP contribution in [0.5, 0.6) is 0 Å². The van der Waals surface area contributed by atoms with Gasteiger partial charge in [0.2, 0.25) is 5.91 Å². The zero-order chi connectivity index (χ0) is 21.1. The van der Waals surface area contributed by atoms with Crippen molar-refractivity contribution in [3.05, 3.63) is 29.8 Å². The molecule has 2 atom stereocenters. The Labute approximate surface area is 180 Å². The quantitative estimate of drug-likeness (QED) is 0.799. The summed E-state index contributed by atoms with van der Waals surface area (Å²) in [5, 5.41) is 9.90. The first kappa shape index (κ1) is 21.6. The molecule has 1 aromatic rings. The number of carbonyl (C=O) groups is 1. The largest absolute Gasteiger partial charge is 0.392 e. The predicted molar refractivity (Wildman–Crippen MR) is 119 cm³/mol. The van der Waals surface area contributed by atoms with Gasteiger partial charge in [-0.3, -0.25) is 9.69 Å². The zero-order valence-corrected chi connectivity index (χ0v) is 18.6. The molecular weight excluding hydrogens is 378 g/mol. The van der Waals surface area contributed by atoms with Crippen LogP contribution in [0.2, 0.25) is 0 Å². The molecule has 3 aliphatic rings. The molecule has 3 aliphatic heterocycles. The summed E-state index contributed by atoms with van der Waals surface area (Å²) in [4.78, 5) is 19.3. The second kappa shape index (κ2) is 9.25. The van der Waals surface area contributed by atoms with Crippen molar-refractivity contribution in [1.29, 1.82) is 0 Å². The lowest BCUT2D eigenvalue weighted by molar-refractivity contribution is -0.132. The summed E-state index contributed by atoms with van der Waals surface area (Å²) in [5.74, 6) is 0.236. The molecule has 0 aromatic heterocycles. The molecule has 3 saturated heterocycles. The number of nitrogens with zero attached hydrogens (tertiary/aromatic N) is 3. The maximum Gasteiger partial charge on any atom is 0.226 e. The number of carbonyl (C=O) groups excluding carboxylic acids is 1. The van der Waals surface area contributed by atoms with Gasteiger partial charge in [0.15, 0.2) is 0 Å². The Morgan fingerprint density at radius 1 is 1.20 bits per heavy atom. The molecule has 1 amide bonds. The number of anilines is 1. The summed E-state index contributed by atoms with van der Waals surface area (Å²) in [7, 11) is 4.05. The van der Waals surface area contributed by atoms with E-state index in [1.165, 1.54) is 0 Å². The fourth-order valence-corrected chi connectivity index (χ4v) is 5.27. The van der Waals surface area contributed by atoms with Crippen LogP contribution in [0.3, 0.4) is 0 Å². The van der Waals surface area contributed by atoms with Gasteiger partial charge in [-0.25, -0.2) is 0 Å². The number of hydrogen-bond donors (Lipinski definition) is 1. The third kappa shape index (κ3) is 5.16. The average Bonchev–Trinajstić information content (AvgIpc) is 3.10. The van der Waals surface area contributed by atoms with Crippen LogP contribution >= 0.6 is 0 Å². The van der Waals surface area contributed by atoms with Crippen LogP contribution in [-0.4, -0.2) is 86.4 Å². The maximum atomic E-state index is 12.8. The molecule has 1 N–H and O–H groups in total. The fourth-order valence-electron chi connectivity index (χ4n) is 5.27. The highest BCUT2D eigenvalue weighted by Gasteiger charge is 2.43. The molecule has 30 heavy (non-hydrogen) atoms. The smallest absolute Gasteiger partial charge is 0.226 e. The van der Waals surface area contributed by atoms with E-state index in [0.717, 1.165) is 82.7 Å². The summed E-state index contributed by atoms with van der Waals surface area (Å²) in [6, 6.07) is 8.27. The molecule has 4 rings (SSSR count). The van der Waals surface area contributed by atoms with Crippen LogP contribution in [0.15, 0.2) is 24.3 Å². The third-order valence-corrected chi connectivity index (χ3v) is 7.21. The minimum atomic E-state index is -0.178. The van der Waals surface area contributed by atoms with E-state index in [4.69, 9.17) is 4.74 Å². The summed E-state index contributed by atoms with van der Waals surface area (Å²) < 4.78 is 6.18. The SMILES string of the molecule is CN(C)c1ccc(CC(=O)N2CCC3(CC2)CO[C@H](CN2CCC[C@H](O)C2)C3)cc1. The number of hydrogen-bond acceptors (Lipinski definition) is 5. The number of amides is 1. The number of β-amino-alcohol motifs (C(OH)–C–C–N with tert-alkyl or cyclic N) is 1. The monoisotopic (exact) mass is 415 g/mol. The Kier molecular flexibility index (Phi) is 6.66. The van der Waals surface area contributed by atoms with E-state index in [2.05, 4.69) is 34.1 Å². The van der Waals surface area contributed by atoms with Gasteiger partial charge in [0, 0.05) is 46.0 Å². The molecular formula is C24H37N3O3. The van der Waals surface area contributed by atoms with Crippen molar-refractivity contribution in [3.8, 4) is 0 Å². The Hall–Kier alpha value is -1.63. The van der Waals surface area contributed by atoms with Crippen LogP contribution in [0.1, 0.15) is 37.7 Å². The van der Waals surface area contributed by atoms with Crippen LogP contribution < -0.4 is 4.90 Å². The second-order valence-electron chi connectivity index (χ2n) is 9.81. The number of benzene rings is 1. The van der Waals surface area contributed by atoms with Gasteiger partial charge in [0.25, 0.3) is 0 Å². The minimum absolute atomic E-state index is 0.178. The Morgan fingerprint density at radius 2 is 1.93 bits per heavy atom. The van der Waals surface area contributed by atoms with Crippen LogP contribution in [0, 0.1) is 5.41 Å². The van der Waals surface area contributed by atoms with E-state index in [1.54, 1.807) is 0 Å². The molecule has 0 saturated carbocycles. The Balaban J connectivity index is 1.24. The normalized spacial score (nSPS) is 26.8. The number of ether oxygens (including phenoxy) is 1. The molecule has 0 radical (unpaired) electrons. The third-order valence-electron chi connectivity index (χ3n) is 7.21. The molecule has 0 unspecified atom stereocenters. The standard InChI is InChI=1S/C24H37N3O3/c1-25(2)20-7-5-19(6-8-20)14-23(29)27-12-9-24(10-13-27)15-22(30-18-24)17-26-11-3-4-21(28)16-26/h5-8,21-22,28H,3-4,9-18H2,1-2H3/t21-,22-/m0/s1. The number of aliphatic hydroxyl groups is 1. The summed E-state index contributed by atoms with van der Waals surface area (Å²) in [6.45, 7) is 5.29. The number of piperidine rings is 2. The highest BCUT2D eigenvalue weighted by molar-refractivity contribution is 5.79. The first-order valence-electron chi connectivity index (χ1n) is 11.5. The second-order valence-corrected chi connectivity index (χ2v) is 9.81. The Morgan fingerprint density at radius 3 is 2.60 bits per heavy atom. The van der Waals surface area contributed by atoms with E-state index in [9.17, 15) is 9.90 Å². The number of aliphatic hydroxyl groups excluding tert-OH is 1. The molecule has 3 heterocycles. The highest BCUT2D eigenvalue weighted by atomic mass is 16.5. The van der Waals surface area contributed by atoms with Gasteiger partial charge >= 0.3 is 0 Å². The van der Waals surface area contributed by atoms with E-state index in [-0.39, 0.29) is 23.5 Å². The van der Waals surface area contributed by atoms with E-state index in [1.807, 2.05) is 19.0 Å². The van der Waals surface area contributed by atoms with Crippen LogP contribution in [0.4, 0.5) is 5.69 Å². The number of rotatable bonds is 5. The van der Waals surface area contributed by atoms with Gasteiger partial charge in [-0.2, -0.15) is 0 Å². The van der Waals surface area contributed by atoms with Gasteiger partial charge < -0.3 is 19.6 Å². The van der Waals surface area contributed by atoms with Crippen molar-refractivity contribution in [2.24, 2.45) is 5.41 Å². The van der Waals surface area contributed by atoms with Crippen molar-refractivity contribution < 1.29 is 14.6 Å². The minimum Gasteiger partial charge on any atom is -0.392 e. The highest BCUT2D eigenvalue weighted by Crippen LogP contribution is 2.42. The summed E-state index contributed by atoms with van der Waals surface area (Å²) in [6.07, 6.45) is 5.75. The van der Waals surface area contributed by atoms with Crippen molar-refractivity contribution in [1.82, 2.24) is 9.80 Å². The van der Waals surface area contributed by atoms with Crippen molar-refractivity contribution in [2.75, 3.05) is 58.3 Å². The lowest BCUT2D eigenvalue weighted by atomic mass is 9.76. The van der Waals surface area contributed by atoms with Gasteiger partial charge in [-0.15, -0.1) is 0 Å². The molecule has 6 nitrogen and oxygen atoms in total. The molecule has 0 bridgehead atoms. The molecule has 166 valence electrons. The van der Waals surface area contributed by atoms with E-state index in [0.29, 0.717) is 6.42 Å². The van der Waals surface area contributed by atoms with Crippen LogP contribution in [0.25, 0.3) is 0 Å². The molecule has 0 aliphatic carbocycles. The molecule has 3 fully saturated rings. The fraction of sp³-hybridized carbons (Fsp3) is 0.708. The Bertz CT molecular complexity index is 713. The van der Waals surface area contributed by atoms with Crippen molar-refractivity contribution in [2.45, 2.75) is 50.7 Å². The molecule has 6 heteroatoms. The van der Waals surface area contributed by atoms with E-state index >= 15 is 0 Å². The van der Waals surface area contributed by atoms with Gasteiger partial charge in [-0.1, -0.05) is 12.1 Å². The van der Waals surface area contributed by atoms with Crippen molar-refractivity contribution >= 4 is 11.6 Å². The predicted octanol–water partition coefficient (Wildman–Crippen LogP) is 2.15. The zero-order valence-electron chi connectivity index (χ0n) is 18.6. The van der Waals surface area contributed by atoms with Crippen molar-refractivity contribution in [3.63, 3.8) is 0 Å². The summed E-state index contributed by atoms with van der Waals surface area (Å²) >= 11 is 0. The van der Waals surface area contributed by atoms with Gasteiger partial charge in [-0.05, 0) is 61.8 Å². The molecule has 1 spiro atoms. The van der Waals surface area contributed by atoms with Gasteiger partial charge in [0.1, 0.15) is 0 Å². The average molecular weight is 416 g/mol. The number of likely N-dealkylation sites (tertiary alicyclic amines) is 2. The summed E-state index contributed by atoms with van der Waals surface area (Å²) in [5.41, 5.74) is 2.48. The molecule has 1 aromatic carbocycles. The van der Waals surface area contributed by atoms with Crippen LogP contribution in [-0.2, 0) is 16.0 Å². The lowest BCUT2D eigenvalue weighted by Crippen LogP contribution is -2.45. The maximum absolute atomic E-state index is 12.8. The van der Waals surface area contributed by atoms with Gasteiger partial charge in [0.05, 0.1) is 25.2 Å². The van der Waals surface area contributed by atoms with E-state index < -0.39 is 0 Å². The topological polar surface area (TPSA) is 56.2 Å². The first-order valence-corrected chi connectivity index (χ1v) is 11.5. The lowest BCUT2D eigenvalue weighted by Gasteiger charge is -2.38. The first-order chi connectivity index (χ1) is 14.4.